The van der Waals surface area contributed by atoms with Crippen molar-refractivity contribution in [3.05, 3.63) is 58.8 Å². The fourth-order valence-electron chi connectivity index (χ4n) is 3.94. The van der Waals surface area contributed by atoms with E-state index in [-0.39, 0.29) is 30.0 Å². The van der Waals surface area contributed by atoms with E-state index in [1.807, 2.05) is 13.0 Å². The Morgan fingerprint density at radius 2 is 1.91 bits per heavy atom. The molecular formula is C23H23N5O5. The normalized spacial score (nSPS) is 17.6. The van der Waals surface area contributed by atoms with E-state index in [2.05, 4.69) is 20.9 Å². The molecule has 1 aromatic carbocycles. The van der Waals surface area contributed by atoms with Crippen LogP contribution in [0.25, 0.3) is 0 Å². The first-order valence-corrected chi connectivity index (χ1v) is 10.7. The van der Waals surface area contributed by atoms with Crippen LogP contribution in [0.5, 0.6) is 0 Å². The summed E-state index contributed by atoms with van der Waals surface area (Å²) in [6.07, 6.45) is 1.40. The third-order valence-electron chi connectivity index (χ3n) is 5.56. The molecule has 0 saturated carbocycles. The molecule has 2 aromatic rings. The second kappa shape index (κ2) is 9.19. The summed E-state index contributed by atoms with van der Waals surface area (Å²) in [6.45, 7) is 2.24. The van der Waals surface area contributed by atoms with Gasteiger partial charge in [-0.25, -0.2) is 9.78 Å². The Labute approximate surface area is 189 Å². The summed E-state index contributed by atoms with van der Waals surface area (Å²) < 4.78 is 0. The van der Waals surface area contributed by atoms with Gasteiger partial charge in [0, 0.05) is 18.7 Å². The van der Waals surface area contributed by atoms with Crippen molar-refractivity contribution in [1.29, 1.82) is 0 Å². The lowest BCUT2D eigenvalue weighted by molar-refractivity contribution is -0.136. The number of benzene rings is 1. The van der Waals surface area contributed by atoms with Crippen molar-refractivity contribution in [3.8, 4) is 0 Å². The van der Waals surface area contributed by atoms with Crippen LogP contribution < -0.4 is 16.0 Å². The second-order valence-corrected chi connectivity index (χ2v) is 7.98. The molecule has 6 amide bonds. The highest BCUT2D eigenvalue weighted by Gasteiger charge is 2.44. The molecule has 0 radical (unpaired) electrons. The number of hydrogen-bond acceptors (Lipinski definition) is 6. The van der Waals surface area contributed by atoms with Crippen molar-refractivity contribution in [1.82, 2.24) is 20.5 Å². The Hall–Kier alpha value is -4.08. The lowest BCUT2D eigenvalue weighted by atomic mass is 10.0. The summed E-state index contributed by atoms with van der Waals surface area (Å²) in [6, 6.07) is 8.99. The number of carbonyl (C=O) groups is 5. The number of aryl methyl sites for hydroxylation is 2. The standard InChI is InChI=1S/C23H23N5O5/c1-13-4-2-6-18(25-13)26-23(33)24-11-3-5-14-7-8-15-16(12-14)22(32)28(21(15)31)17-9-10-19(29)27-20(17)30/h2,4,6-8,12,17H,3,5,9-11H2,1H3,(H,27,29,30)(H2,24,25,26,33). The number of piperidine rings is 1. The first-order chi connectivity index (χ1) is 15.8. The minimum atomic E-state index is -0.982. The van der Waals surface area contributed by atoms with Crippen molar-refractivity contribution < 1.29 is 24.0 Å². The van der Waals surface area contributed by atoms with E-state index >= 15 is 0 Å². The van der Waals surface area contributed by atoms with E-state index in [4.69, 9.17) is 0 Å². The van der Waals surface area contributed by atoms with Crippen molar-refractivity contribution in [2.75, 3.05) is 11.9 Å². The minimum Gasteiger partial charge on any atom is -0.338 e. The number of urea groups is 1. The molecule has 2 aliphatic heterocycles. The predicted octanol–water partition coefficient (Wildman–Crippen LogP) is 1.55. The van der Waals surface area contributed by atoms with E-state index in [1.54, 1.807) is 30.3 Å². The monoisotopic (exact) mass is 449 g/mol. The molecule has 3 N–H and O–H groups in total. The van der Waals surface area contributed by atoms with E-state index in [1.165, 1.54) is 0 Å². The summed E-state index contributed by atoms with van der Waals surface area (Å²) in [5.41, 5.74) is 2.13. The summed E-state index contributed by atoms with van der Waals surface area (Å²) in [7, 11) is 0. The molecule has 10 nitrogen and oxygen atoms in total. The van der Waals surface area contributed by atoms with Crippen molar-refractivity contribution >= 4 is 35.5 Å². The van der Waals surface area contributed by atoms with Crippen molar-refractivity contribution in [3.63, 3.8) is 0 Å². The lowest BCUT2D eigenvalue weighted by Gasteiger charge is -2.27. The number of hydrogen-bond donors (Lipinski definition) is 3. The number of imide groups is 2. The third kappa shape index (κ3) is 4.74. The smallest absolute Gasteiger partial charge is 0.320 e. The summed E-state index contributed by atoms with van der Waals surface area (Å²) in [4.78, 5) is 66.3. The number of nitrogens with zero attached hydrogens (tertiary/aromatic N) is 2. The zero-order valence-electron chi connectivity index (χ0n) is 18.0. The van der Waals surface area contributed by atoms with Gasteiger partial charge in [-0.15, -0.1) is 0 Å². The first kappa shape index (κ1) is 22.1. The Morgan fingerprint density at radius 3 is 2.67 bits per heavy atom. The van der Waals surface area contributed by atoms with E-state index < -0.39 is 29.7 Å². The zero-order valence-corrected chi connectivity index (χ0v) is 18.0. The average molecular weight is 449 g/mol. The molecule has 1 aromatic heterocycles. The molecule has 2 aliphatic rings. The number of nitrogens with one attached hydrogen (secondary N) is 3. The number of carbonyl (C=O) groups excluding carboxylic acids is 5. The Kier molecular flexibility index (Phi) is 6.16. The highest BCUT2D eigenvalue weighted by Crippen LogP contribution is 2.28. The van der Waals surface area contributed by atoms with Crippen LogP contribution in [0.2, 0.25) is 0 Å². The maximum Gasteiger partial charge on any atom is 0.320 e. The van der Waals surface area contributed by atoms with E-state index in [9.17, 15) is 24.0 Å². The SMILES string of the molecule is Cc1cccc(NC(=O)NCCCc2ccc3c(c2)C(=O)N(C2CCC(=O)NC2=O)C3=O)n1. The van der Waals surface area contributed by atoms with Gasteiger partial charge < -0.3 is 5.32 Å². The fourth-order valence-corrected chi connectivity index (χ4v) is 3.94. The number of anilines is 1. The van der Waals surface area contributed by atoms with Crippen LogP contribution in [0.1, 0.15) is 51.2 Å². The van der Waals surface area contributed by atoms with Crippen LogP contribution in [0.4, 0.5) is 10.6 Å². The molecule has 1 saturated heterocycles. The van der Waals surface area contributed by atoms with Crippen molar-refractivity contribution in [2.24, 2.45) is 0 Å². The number of pyridine rings is 1. The van der Waals surface area contributed by atoms with Gasteiger partial charge in [-0.3, -0.25) is 34.7 Å². The van der Waals surface area contributed by atoms with Crippen molar-refractivity contribution in [2.45, 2.75) is 38.6 Å². The molecule has 33 heavy (non-hydrogen) atoms. The largest absolute Gasteiger partial charge is 0.338 e. The van der Waals surface area contributed by atoms with Crippen LogP contribution >= 0.6 is 0 Å². The van der Waals surface area contributed by atoms with E-state index in [0.29, 0.717) is 25.2 Å². The predicted molar refractivity (Wildman–Crippen MR) is 117 cm³/mol. The molecule has 1 unspecified atom stereocenters. The molecule has 4 rings (SSSR count). The van der Waals surface area contributed by atoms with Gasteiger partial charge in [0.2, 0.25) is 11.8 Å². The molecule has 0 aliphatic carbocycles. The number of aromatic nitrogens is 1. The van der Waals surface area contributed by atoms with Crippen LogP contribution in [-0.2, 0) is 16.0 Å². The molecule has 1 fully saturated rings. The molecule has 10 heteroatoms. The molecule has 3 heterocycles. The van der Waals surface area contributed by atoms with Gasteiger partial charge in [0.15, 0.2) is 0 Å². The van der Waals surface area contributed by atoms with Gasteiger partial charge in [-0.2, -0.15) is 0 Å². The summed E-state index contributed by atoms with van der Waals surface area (Å²) in [5.74, 6) is -1.64. The highest BCUT2D eigenvalue weighted by molar-refractivity contribution is 6.23. The van der Waals surface area contributed by atoms with Crippen LogP contribution in [0.3, 0.4) is 0 Å². The number of rotatable bonds is 6. The maximum absolute atomic E-state index is 12.9. The number of amides is 6. The minimum absolute atomic E-state index is 0.0789. The Bertz CT molecular complexity index is 1160. The Morgan fingerprint density at radius 1 is 1.12 bits per heavy atom. The summed E-state index contributed by atoms with van der Waals surface area (Å²) in [5, 5.41) is 7.60. The Balaban J connectivity index is 1.32. The molecule has 0 spiro atoms. The van der Waals surface area contributed by atoms with Crippen LogP contribution in [-0.4, -0.2) is 52.1 Å². The summed E-state index contributed by atoms with van der Waals surface area (Å²) >= 11 is 0. The van der Waals surface area contributed by atoms with Crippen LogP contribution in [0.15, 0.2) is 36.4 Å². The fraction of sp³-hybridized carbons (Fsp3) is 0.304. The number of fused-ring (bicyclic) bond motifs is 1. The van der Waals surface area contributed by atoms with Gasteiger partial charge in [0.1, 0.15) is 11.9 Å². The highest BCUT2D eigenvalue weighted by atomic mass is 16.2. The third-order valence-corrected chi connectivity index (χ3v) is 5.56. The van der Waals surface area contributed by atoms with Gasteiger partial charge in [-0.05, 0) is 56.0 Å². The van der Waals surface area contributed by atoms with Gasteiger partial charge in [0.05, 0.1) is 11.1 Å². The molecular weight excluding hydrogens is 426 g/mol. The molecule has 170 valence electrons. The lowest BCUT2D eigenvalue weighted by Crippen LogP contribution is -2.54. The zero-order chi connectivity index (χ0) is 23.5. The molecule has 0 bridgehead atoms. The van der Waals surface area contributed by atoms with Gasteiger partial charge in [0.25, 0.3) is 11.8 Å². The van der Waals surface area contributed by atoms with E-state index in [0.717, 1.165) is 16.2 Å². The maximum atomic E-state index is 12.9. The molecule has 1 atom stereocenters. The first-order valence-electron chi connectivity index (χ1n) is 10.7. The van der Waals surface area contributed by atoms with Gasteiger partial charge in [-0.1, -0.05) is 12.1 Å². The quantitative estimate of drug-likeness (QED) is 0.452. The van der Waals surface area contributed by atoms with Gasteiger partial charge >= 0.3 is 6.03 Å². The van der Waals surface area contributed by atoms with Crippen LogP contribution in [0, 0.1) is 6.92 Å². The second-order valence-electron chi connectivity index (χ2n) is 7.98. The topological polar surface area (TPSA) is 138 Å². The average Bonchev–Trinajstić information content (AvgIpc) is 3.01.